The maximum Gasteiger partial charge on any atom is 0.268 e. The minimum atomic E-state index is -3.86. The molecule has 0 spiro atoms. The second kappa shape index (κ2) is 8.86. The molecule has 3 aromatic rings. The molecule has 1 aromatic heterocycles. The Hall–Kier alpha value is -1.51. The van der Waals surface area contributed by atoms with Gasteiger partial charge in [0, 0.05) is 30.5 Å². The highest BCUT2D eigenvalue weighted by Crippen LogP contribution is 2.43. The fourth-order valence-corrected chi connectivity index (χ4v) is 7.03. The lowest BCUT2D eigenvalue weighted by Gasteiger charge is -2.44. The average Bonchev–Trinajstić information content (AvgIpc) is 3.16. The lowest BCUT2D eigenvalue weighted by atomic mass is 9.92. The molecule has 0 aliphatic heterocycles. The number of benzene rings is 2. The van der Waals surface area contributed by atoms with E-state index in [1.54, 1.807) is 36.4 Å². The third kappa shape index (κ3) is 4.65. The first-order valence-electron chi connectivity index (χ1n) is 11.4. The quantitative estimate of drug-likeness (QED) is 0.305. The van der Waals surface area contributed by atoms with Crippen molar-refractivity contribution in [1.29, 1.82) is 0 Å². The molecule has 0 atom stereocenters. The summed E-state index contributed by atoms with van der Waals surface area (Å²) in [6.45, 7) is 13.1. The first-order valence-corrected chi connectivity index (χ1v) is 16.5. The number of hydrogen-bond donors (Lipinski definition) is 0. The van der Waals surface area contributed by atoms with Crippen LogP contribution in [0, 0.1) is 6.92 Å². The van der Waals surface area contributed by atoms with Crippen LogP contribution in [0.5, 0.6) is 5.75 Å². The summed E-state index contributed by atoms with van der Waals surface area (Å²) in [5.41, 5.74) is 1.29. The van der Waals surface area contributed by atoms with Crippen molar-refractivity contribution in [1.82, 2.24) is 3.97 Å². The number of rotatable bonds is 6. The monoisotopic (exact) mass is 539 g/mol. The first-order chi connectivity index (χ1) is 15.7. The zero-order valence-electron chi connectivity index (χ0n) is 20.4. The van der Waals surface area contributed by atoms with E-state index in [0.29, 0.717) is 16.7 Å². The normalized spacial score (nSPS) is 19.3. The van der Waals surface area contributed by atoms with Gasteiger partial charge in [-0.3, -0.25) is 0 Å². The van der Waals surface area contributed by atoms with Crippen molar-refractivity contribution >= 4 is 52.4 Å². The highest BCUT2D eigenvalue weighted by Gasteiger charge is 2.43. The van der Waals surface area contributed by atoms with Crippen LogP contribution < -0.4 is 4.74 Å². The van der Waals surface area contributed by atoms with Gasteiger partial charge in [-0.2, -0.15) is 0 Å². The van der Waals surface area contributed by atoms with Gasteiger partial charge in [0.2, 0.25) is 0 Å². The second-order valence-electron chi connectivity index (χ2n) is 10.6. The largest absolute Gasteiger partial charge is 0.489 e. The Morgan fingerprint density at radius 1 is 1.03 bits per heavy atom. The summed E-state index contributed by atoms with van der Waals surface area (Å²) in [5, 5.41) is 1.19. The van der Waals surface area contributed by atoms with Crippen LogP contribution in [0.2, 0.25) is 28.2 Å². The van der Waals surface area contributed by atoms with E-state index in [2.05, 4.69) is 33.9 Å². The summed E-state index contributed by atoms with van der Waals surface area (Å²) in [6, 6.07) is 10.1. The number of aromatic nitrogens is 1. The number of ether oxygens (including phenoxy) is 1. The van der Waals surface area contributed by atoms with Crippen molar-refractivity contribution < 1.29 is 17.6 Å². The van der Waals surface area contributed by atoms with Crippen LogP contribution >= 0.6 is 23.2 Å². The SMILES string of the molecule is Cc1ccc(S(=O)(=O)n2ccc3c(OC4CC(O[Si](C)(C)C(C)(C)C)C4)cc(Cl)c(Cl)c32)cc1. The maximum atomic E-state index is 13.3. The molecule has 1 aliphatic carbocycles. The predicted octanol–water partition coefficient (Wildman–Crippen LogP) is 7.43. The molecule has 0 bridgehead atoms. The van der Waals surface area contributed by atoms with Gasteiger partial charge in [-0.1, -0.05) is 61.7 Å². The minimum absolute atomic E-state index is 0.0210. The van der Waals surface area contributed by atoms with E-state index >= 15 is 0 Å². The van der Waals surface area contributed by atoms with Gasteiger partial charge in [-0.15, -0.1) is 0 Å². The summed E-state index contributed by atoms with van der Waals surface area (Å²) >= 11 is 12.9. The Bertz CT molecular complexity index is 1320. The van der Waals surface area contributed by atoms with E-state index in [-0.39, 0.29) is 32.2 Å². The van der Waals surface area contributed by atoms with Gasteiger partial charge in [0.25, 0.3) is 10.0 Å². The summed E-state index contributed by atoms with van der Waals surface area (Å²) in [4.78, 5) is 0.179. The fourth-order valence-electron chi connectivity index (χ4n) is 3.80. The molecule has 0 amide bonds. The number of fused-ring (bicyclic) bond motifs is 1. The smallest absolute Gasteiger partial charge is 0.268 e. The second-order valence-corrected chi connectivity index (χ2v) is 17.9. The first kappa shape index (κ1) is 25.6. The maximum absolute atomic E-state index is 13.3. The summed E-state index contributed by atoms with van der Waals surface area (Å²) < 4.78 is 40.6. The fraction of sp³-hybridized carbons (Fsp3) is 0.440. The van der Waals surface area contributed by atoms with Crippen LogP contribution in [0.1, 0.15) is 39.2 Å². The minimum Gasteiger partial charge on any atom is -0.489 e. The van der Waals surface area contributed by atoms with E-state index in [0.717, 1.165) is 18.4 Å². The molecule has 5 nitrogen and oxygen atoms in total. The molecule has 0 unspecified atom stereocenters. The van der Waals surface area contributed by atoms with Gasteiger partial charge < -0.3 is 9.16 Å². The van der Waals surface area contributed by atoms with Crippen LogP contribution in [0.25, 0.3) is 10.9 Å². The standard InChI is InChI=1S/C25H31Cl2NO4SSi/c1-16-7-9-19(10-8-16)33(29,30)28-12-11-20-22(15-21(26)23(27)24(20)28)31-17-13-18(14-17)32-34(5,6)25(2,3)4/h7-12,15,17-18H,13-14H2,1-6H3. The van der Waals surface area contributed by atoms with Crippen LogP contribution in [-0.4, -0.2) is 32.9 Å². The molecular weight excluding hydrogens is 509 g/mol. The van der Waals surface area contributed by atoms with Crippen LogP contribution in [0.4, 0.5) is 0 Å². The number of nitrogens with zero attached hydrogens (tertiary/aromatic N) is 1. The third-order valence-corrected chi connectivity index (χ3v) is 14.0. The Balaban J connectivity index is 1.60. The van der Waals surface area contributed by atoms with E-state index in [9.17, 15) is 8.42 Å². The lowest BCUT2D eigenvalue weighted by molar-refractivity contribution is -0.00238. The Kier molecular flexibility index (Phi) is 6.66. The molecule has 1 heterocycles. The topological polar surface area (TPSA) is 57.5 Å². The summed E-state index contributed by atoms with van der Waals surface area (Å²) in [7, 11) is -5.69. The molecule has 0 N–H and O–H groups in total. The molecule has 1 aliphatic rings. The van der Waals surface area contributed by atoms with Gasteiger partial charge in [0.15, 0.2) is 8.32 Å². The average molecular weight is 541 g/mol. The van der Waals surface area contributed by atoms with E-state index in [1.807, 2.05) is 6.92 Å². The summed E-state index contributed by atoms with van der Waals surface area (Å²) in [5.74, 6) is 0.526. The van der Waals surface area contributed by atoms with E-state index < -0.39 is 18.3 Å². The van der Waals surface area contributed by atoms with Gasteiger partial charge in [-0.05, 0) is 43.3 Å². The molecule has 1 saturated carbocycles. The lowest BCUT2D eigenvalue weighted by Crippen LogP contribution is -2.50. The van der Waals surface area contributed by atoms with Crippen molar-refractivity contribution in [2.75, 3.05) is 0 Å². The van der Waals surface area contributed by atoms with Gasteiger partial charge in [0.1, 0.15) is 11.9 Å². The highest BCUT2D eigenvalue weighted by molar-refractivity contribution is 7.90. The Morgan fingerprint density at radius 2 is 1.65 bits per heavy atom. The van der Waals surface area contributed by atoms with Gasteiger partial charge in [0.05, 0.1) is 26.6 Å². The predicted molar refractivity (Wildman–Crippen MR) is 141 cm³/mol. The summed E-state index contributed by atoms with van der Waals surface area (Å²) in [6.07, 6.45) is 3.23. The van der Waals surface area contributed by atoms with Crippen LogP contribution in [0.15, 0.2) is 47.5 Å². The third-order valence-electron chi connectivity index (χ3n) is 6.98. The molecule has 34 heavy (non-hydrogen) atoms. The molecule has 184 valence electrons. The van der Waals surface area contributed by atoms with Crippen molar-refractivity contribution in [3.8, 4) is 5.75 Å². The van der Waals surface area contributed by atoms with Crippen molar-refractivity contribution in [2.24, 2.45) is 0 Å². The Morgan fingerprint density at radius 3 is 2.24 bits per heavy atom. The number of aryl methyl sites for hydroxylation is 1. The van der Waals surface area contributed by atoms with Crippen molar-refractivity contribution in [3.05, 3.63) is 58.2 Å². The van der Waals surface area contributed by atoms with Crippen LogP contribution in [0.3, 0.4) is 0 Å². The van der Waals surface area contributed by atoms with Crippen LogP contribution in [-0.2, 0) is 14.4 Å². The van der Waals surface area contributed by atoms with E-state index in [4.69, 9.17) is 32.4 Å². The molecule has 1 fully saturated rings. The molecule has 0 saturated heterocycles. The highest BCUT2D eigenvalue weighted by atomic mass is 35.5. The number of halogens is 2. The Labute approximate surface area is 213 Å². The van der Waals surface area contributed by atoms with Gasteiger partial charge in [-0.25, -0.2) is 12.4 Å². The molecule has 2 aromatic carbocycles. The zero-order valence-corrected chi connectivity index (χ0v) is 23.7. The van der Waals surface area contributed by atoms with E-state index in [1.165, 1.54) is 10.2 Å². The number of hydrogen-bond acceptors (Lipinski definition) is 4. The van der Waals surface area contributed by atoms with Gasteiger partial charge >= 0.3 is 0 Å². The molecular formula is C25H31Cl2NO4SSi. The van der Waals surface area contributed by atoms with Crippen molar-refractivity contribution in [2.45, 2.75) is 75.8 Å². The zero-order chi connectivity index (χ0) is 25.1. The molecule has 4 rings (SSSR count). The van der Waals surface area contributed by atoms with Crippen molar-refractivity contribution in [3.63, 3.8) is 0 Å². The molecule has 9 heteroatoms. The molecule has 0 radical (unpaired) electrons.